The molecule has 2 amide bonds. The highest BCUT2D eigenvalue weighted by molar-refractivity contribution is 8.00. The molecule has 0 spiro atoms. The average molecular weight is 369 g/mol. The van der Waals surface area contributed by atoms with Crippen LogP contribution in [-0.4, -0.2) is 23.3 Å². The molecule has 0 bridgehead atoms. The van der Waals surface area contributed by atoms with Gasteiger partial charge in [-0.15, -0.1) is 11.8 Å². The molecular weight excluding hydrogens is 355 g/mol. The number of carbonyl (C=O) groups is 2. The minimum Gasteiger partial charge on any atom is -0.325 e. The van der Waals surface area contributed by atoms with Crippen molar-refractivity contribution in [2.24, 2.45) is 0 Å². The van der Waals surface area contributed by atoms with E-state index in [1.165, 1.54) is 11.8 Å². The lowest BCUT2D eigenvalue weighted by Crippen LogP contribution is -2.18. The van der Waals surface area contributed by atoms with E-state index in [4.69, 9.17) is 23.2 Å². The third-order valence-electron chi connectivity index (χ3n) is 2.73. The first kappa shape index (κ1) is 17.7. The van der Waals surface area contributed by atoms with Gasteiger partial charge in [0.2, 0.25) is 11.8 Å². The predicted molar refractivity (Wildman–Crippen MR) is 97.5 cm³/mol. The lowest BCUT2D eigenvalue weighted by molar-refractivity contribution is -0.114. The van der Waals surface area contributed by atoms with Crippen LogP contribution in [0.4, 0.5) is 11.4 Å². The number of hydrogen-bond donors (Lipinski definition) is 2. The first-order valence-electron chi connectivity index (χ1n) is 6.72. The van der Waals surface area contributed by atoms with Crippen LogP contribution < -0.4 is 10.6 Å². The second kappa shape index (κ2) is 8.82. The van der Waals surface area contributed by atoms with Crippen molar-refractivity contribution >= 4 is 58.2 Å². The Hall–Kier alpha value is -1.69. The van der Waals surface area contributed by atoms with Gasteiger partial charge in [0.25, 0.3) is 0 Å². The Kier molecular flexibility index (Phi) is 6.77. The molecule has 2 N–H and O–H groups in total. The summed E-state index contributed by atoms with van der Waals surface area (Å²) in [4.78, 5) is 23.6. The topological polar surface area (TPSA) is 58.2 Å². The Labute approximate surface area is 148 Å². The van der Waals surface area contributed by atoms with E-state index in [-0.39, 0.29) is 23.3 Å². The van der Waals surface area contributed by atoms with Gasteiger partial charge < -0.3 is 10.6 Å². The summed E-state index contributed by atoms with van der Waals surface area (Å²) in [7, 11) is 0. The maximum Gasteiger partial charge on any atom is 0.234 e. The lowest BCUT2D eigenvalue weighted by atomic mass is 10.3. The Bertz CT molecular complexity index is 696. The molecule has 0 aliphatic heterocycles. The summed E-state index contributed by atoms with van der Waals surface area (Å²) in [5, 5.41) is 6.32. The smallest absolute Gasteiger partial charge is 0.234 e. The largest absolute Gasteiger partial charge is 0.325 e. The molecule has 0 aliphatic carbocycles. The van der Waals surface area contributed by atoms with Crippen molar-refractivity contribution in [2.45, 2.75) is 0 Å². The molecule has 2 aromatic rings. The zero-order chi connectivity index (χ0) is 16.7. The highest BCUT2D eigenvalue weighted by Crippen LogP contribution is 2.25. The Balaban J connectivity index is 1.74. The van der Waals surface area contributed by atoms with Crippen LogP contribution >= 0.6 is 35.0 Å². The van der Waals surface area contributed by atoms with Gasteiger partial charge in [0.05, 0.1) is 22.2 Å². The summed E-state index contributed by atoms with van der Waals surface area (Å²) in [6.07, 6.45) is 0. The number of nitrogens with one attached hydrogen (secondary N) is 2. The molecule has 0 heterocycles. The molecule has 0 aromatic heterocycles. The van der Waals surface area contributed by atoms with E-state index in [2.05, 4.69) is 10.6 Å². The van der Waals surface area contributed by atoms with Crippen molar-refractivity contribution in [2.75, 3.05) is 22.1 Å². The van der Waals surface area contributed by atoms with Gasteiger partial charge in [0, 0.05) is 10.7 Å². The van der Waals surface area contributed by atoms with Crippen LogP contribution in [0.1, 0.15) is 0 Å². The number of amides is 2. The highest BCUT2D eigenvalue weighted by atomic mass is 35.5. The van der Waals surface area contributed by atoms with E-state index < -0.39 is 0 Å². The van der Waals surface area contributed by atoms with Crippen molar-refractivity contribution in [3.63, 3.8) is 0 Å². The maximum absolute atomic E-state index is 11.9. The Morgan fingerprint density at radius 2 is 1.57 bits per heavy atom. The number of carbonyl (C=O) groups excluding carboxylic acids is 2. The van der Waals surface area contributed by atoms with Crippen molar-refractivity contribution < 1.29 is 9.59 Å². The molecule has 120 valence electrons. The van der Waals surface area contributed by atoms with Gasteiger partial charge in [-0.2, -0.15) is 0 Å². The number of hydrogen-bond acceptors (Lipinski definition) is 3. The lowest BCUT2D eigenvalue weighted by Gasteiger charge is -2.08. The fourth-order valence-electron chi connectivity index (χ4n) is 1.73. The van der Waals surface area contributed by atoms with Crippen molar-refractivity contribution in [1.29, 1.82) is 0 Å². The number of thioether (sulfide) groups is 1. The molecule has 0 saturated carbocycles. The summed E-state index contributed by atoms with van der Waals surface area (Å²) >= 11 is 13.0. The van der Waals surface area contributed by atoms with Crippen LogP contribution in [-0.2, 0) is 9.59 Å². The van der Waals surface area contributed by atoms with Crippen LogP contribution in [0, 0.1) is 0 Å². The van der Waals surface area contributed by atoms with Crippen molar-refractivity contribution in [1.82, 2.24) is 0 Å². The van der Waals surface area contributed by atoms with E-state index in [9.17, 15) is 9.59 Å². The van der Waals surface area contributed by atoms with Gasteiger partial charge in [-0.05, 0) is 30.3 Å². The maximum atomic E-state index is 11.9. The molecule has 7 heteroatoms. The summed E-state index contributed by atoms with van der Waals surface area (Å²) in [5.74, 6) is -0.0714. The highest BCUT2D eigenvalue weighted by Gasteiger charge is 2.08. The monoisotopic (exact) mass is 368 g/mol. The number of benzene rings is 2. The van der Waals surface area contributed by atoms with Gasteiger partial charge in [-0.3, -0.25) is 9.59 Å². The fraction of sp³-hybridized carbons (Fsp3) is 0.125. The van der Waals surface area contributed by atoms with E-state index in [1.807, 2.05) is 18.2 Å². The molecule has 0 radical (unpaired) electrons. The van der Waals surface area contributed by atoms with E-state index in [1.54, 1.807) is 30.3 Å². The molecule has 0 fully saturated rings. The molecule has 0 aliphatic rings. The summed E-state index contributed by atoms with van der Waals surface area (Å²) in [6.45, 7) is 0. The average Bonchev–Trinajstić information content (AvgIpc) is 2.52. The standard InChI is InChI=1S/C16H14Cl2N2O2S/c17-11-6-7-13(18)14(8-11)20-16(22)10-23-9-15(21)19-12-4-2-1-3-5-12/h1-8H,9-10H2,(H,19,21)(H,20,22). The number of halogens is 2. The van der Waals surface area contributed by atoms with E-state index >= 15 is 0 Å². The first-order valence-corrected chi connectivity index (χ1v) is 8.63. The Morgan fingerprint density at radius 1 is 0.913 bits per heavy atom. The quantitative estimate of drug-likeness (QED) is 0.798. The first-order chi connectivity index (χ1) is 11.0. The molecule has 0 unspecified atom stereocenters. The number of rotatable bonds is 6. The molecule has 2 aromatic carbocycles. The number of para-hydroxylation sites is 1. The van der Waals surface area contributed by atoms with Crippen LogP contribution in [0.3, 0.4) is 0 Å². The SMILES string of the molecule is O=C(CSCC(=O)Nc1cc(Cl)ccc1Cl)Nc1ccccc1. The van der Waals surface area contributed by atoms with Gasteiger partial charge in [0.1, 0.15) is 0 Å². The number of anilines is 2. The van der Waals surface area contributed by atoms with Gasteiger partial charge >= 0.3 is 0 Å². The summed E-state index contributed by atoms with van der Waals surface area (Å²) in [5.41, 5.74) is 1.19. The van der Waals surface area contributed by atoms with Crippen LogP contribution in [0.15, 0.2) is 48.5 Å². The van der Waals surface area contributed by atoms with E-state index in [0.29, 0.717) is 15.7 Å². The second-order valence-corrected chi connectivity index (χ2v) is 6.41. The van der Waals surface area contributed by atoms with Crippen molar-refractivity contribution in [3.8, 4) is 0 Å². The summed E-state index contributed by atoms with van der Waals surface area (Å²) < 4.78 is 0. The van der Waals surface area contributed by atoms with Gasteiger partial charge in [-0.1, -0.05) is 41.4 Å². The normalized spacial score (nSPS) is 10.2. The molecule has 2 rings (SSSR count). The van der Waals surface area contributed by atoms with Crippen LogP contribution in [0.25, 0.3) is 0 Å². The van der Waals surface area contributed by atoms with Gasteiger partial charge in [-0.25, -0.2) is 0 Å². The minimum atomic E-state index is -0.244. The molecule has 23 heavy (non-hydrogen) atoms. The second-order valence-electron chi connectivity index (χ2n) is 4.58. The molecule has 0 atom stereocenters. The summed E-state index contributed by atoms with van der Waals surface area (Å²) in [6, 6.07) is 14.0. The molecule has 0 saturated heterocycles. The van der Waals surface area contributed by atoms with E-state index in [0.717, 1.165) is 5.69 Å². The van der Waals surface area contributed by atoms with Crippen LogP contribution in [0.5, 0.6) is 0 Å². The third kappa shape index (κ3) is 6.14. The van der Waals surface area contributed by atoms with Gasteiger partial charge in [0.15, 0.2) is 0 Å². The predicted octanol–water partition coefficient (Wildman–Crippen LogP) is 4.30. The zero-order valence-electron chi connectivity index (χ0n) is 12.0. The molecular formula is C16H14Cl2N2O2S. The fourth-order valence-corrected chi connectivity index (χ4v) is 2.69. The molecule has 4 nitrogen and oxygen atoms in total. The minimum absolute atomic E-state index is 0.144. The van der Waals surface area contributed by atoms with Crippen LogP contribution in [0.2, 0.25) is 10.0 Å². The third-order valence-corrected chi connectivity index (χ3v) is 4.22. The Morgan fingerprint density at radius 3 is 2.26 bits per heavy atom. The zero-order valence-corrected chi connectivity index (χ0v) is 14.3. The van der Waals surface area contributed by atoms with Crippen molar-refractivity contribution in [3.05, 3.63) is 58.6 Å².